The van der Waals surface area contributed by atoms with Gasteiger partial charge in [0.15, 0.2) is 0 Å². The molecule has 1 aromatic carbocycles. The zero-order valence-corrected chi connectivity index (χ0v) is 12.7. The molecular formula is C16H25N3O. The normalized spacial score (nSPS) is 16.6. The van der Waals surface area contributed by atoms with Gasteiger partial charge in [0.05, 0.1) is 6.04 Å². The van der Waals surface area contributed by atoms with Gasteiger partial charge >= 0.3 is 0 Å². The van der Waals surface area contributed by atoms with Crippen molar-refractivity contribution >= 4 is 5.91 Å². The second kappa shape index (κ2) is 6.86. The smallest absolute Gasteiger partial charge is 0.239 e. The van der Waals surface area contributed by atoms with E-state index in [-0.39, 0.29) is 11.9 Å². The summed E-state index contributed by atoms with van der Waals surface area (Å²) in [6.45, 7) is 5.45. The second-order valence-electron chi connectivity index (χ2n) is 5.53. The lowest BCUT2D eigenvalue weighted by atomic mass is 9.98. The van der Waals surface area contributed by atoms with Crippen LogP contribution < -0.4 is 5.32 Å². The van der Waals surface area contributed by atoms with Gasteiger partial charge < -0.3 is 10.2 Å². The summed E-state index contributed by atoms with van der Waals surface area (Å²) in [6, 6.07) is 8.48. The molecule has 0 bridgehead atoms. The van der Waals surface area contributed by atoms with Gasteiger partial charge in [-0.25, -0.2) is 0 Å². The van der Waals surface area contributed by atoms with Gasteiger partial charge in [-0.05, 0) is 31.5 Å². The summed E-state index contributed by atoms with van der Waals surface area (Å²) in [5.41, 5.74) is 2.78. The SMILES string of the molecule is CNCCN(C)C(=O)C(C)N1CCc2ccccc2C1. The first-order chi connectivity index (χ1) is 9.63. The molecule has 0 saturated carbocycles. The van der Waals surface area contributed by atoms with Gasteiger partial charge in [0.2, 0.25) is 5.91 Å². The molecule has 0 spiro atoms. The number of carbonyl (C=O) groups is 1. The predicted octanol–water partition coefficient (Wildman–Crippen LogP) is 1.11. The number of nitrogens with zero attached hydrogens (tertiary/aromatic N) is 2. The number of hydrogen-bond acceptors (Lipinski definition) is 3. The monoisotopic (exact) mass is 275 g/mol. The lowest BCUT2D eigenvalue weighted by Crippen LogP contribution is -2.48. The Bertz CT molecular complexity index is 461. The minimum Gasteiger partial charge on any atom is -0.343 e. The van der Waals surface area contributed by atoms with Crippen LogP contribution in [0.15, 0.2) is 24.3 Å². The molecular weight excluding hydrogens is 250 g/mol. The molecule has 1 aliphatic rings. The highest BCUT2D eigenvalue weighted by Gasteiger charge is 2.26. The molecule has 0 saturated heterocycles. The standard InChI is InChI=1S/C16H25N3O/c1-13(16(20)18(3)11-9-17-2)19-10-8-14-6-4-5-7-15(14)12-19/h4-7,13,17H,8-12H2,1-3H3. The number of fused-ring (bicyclic) bond motifs is 1. The Morgan fingerprint density at radius 3 is 2.80 bits per heavy atom. The third-order valence-electron chi connectivity index (χ3n) is 4.14. The summed E-state index contributed by atoms with van der Waals surface area (Å²) in [5, 5.41) is 3.08. The van der Waals surface area contributed by atoms with E-state index in [1.54, 1.807) is 0 Å². The summed E-state index contributed by atoms with van der Waals surface area (Å²) in [6.07, 6.45) is 1.04. The third-order valence-corrected chi connectivity index (χ3v) is 4.14. The number of amides is 1. The van der Waals surface area contributed by atoms with Gasteiger partial charge in [-0.1, -0.05) is 24.3 Å². The van der Waals surface area contributed by atoms with Crippen LogP contribution in [0.5, 0.6) is 0 Å². The molecule has 20 heavy (non-hydrogen) atoms. The summed E-state index contributed by atoms with van der Waals surface area (Å²) in [4.78, 5) is 16.5. The van der Waals surface area contributed by atoms with E-state index in [0.29, 0.717) is 0 Å². The van der Waals surface area contributed by atoms with Gasteiger partial charge in [-0.2, -0.15) is 0 Å². The highest BCUT2D eigenvalue weighted by molar-refractivity contribution is 5.81. The molecule has 0 aliphatic carbocycles. The number of nitrogens with one attached hydrogen (secondary N) is 1. The maximum Gasteiger partial charge on any atom is 0.239 e. The van der Waals surface area contributed by atoms with E-state index in [0.717, 1.165) is 32.6 Å². The predicted molar refractivity (Wildman–Crippen MR) is 81.6 cm³/mol. The first-order valence-electron chi connectivity index (χ1n) is 7.34. The summed E-state index contributed by atoms with van der Waals surface area (Å²) in [5.74, 6) is 0.208. The molecule has 2 rings (SSSR count). The van der Waals surface area contributed by atoms with Gasteiger partial charge in [-0.15, -0.1) is 0 Å². The fraction of sp³-hybridized carbons (Fsp3) is 0.562. The molecule has 0 radical (unpaired) electrons. The van der Waals surface area contributed by atoms with E-state index in [4.69, 9.17) is 0 Å². The molecule has 1 heterocycles. The van der Waals surface area contributed by atoms with Crippen molar-refractivity contribution < 1.29 is 4.79 Å². The van der Waals surface area contributed by atoms with Crippen LogP contribution in [0.2, 0.25) is 0 Å². The molecule has 110 valence electrons. The fourth-order valence-corrected chi connectivity index (χ4v) is 2.71. The lowest BCUT2D eigenvalue weighted by molar-refractivity contribution is -0.135. The van der Waals surface area contributed by atoms with Crippen molar-refractivity contribution in [3.63, 3.8) is 0 Å². The molecule has 4 heteroatoms. The van der Waals surface area contributed by atoms with Crippen LogP contribution in [-0.4, -0.2) is 55.5 Å². The molecule has 1 atom stereocenters. The number of rotatable bonds is 5. The van der Waals surface area contributed by atoms with E-state index in [9.17, 15) is 4.79 Å². The van der Waals surface area contributed by atoms with Crippen molar-refractivity contribution in [3.05, 3.63) is 35.4 Å². The Balaban J connectivity index is 1.97. The van der Waals surface area contributed by atoms with E-state index in [1.807, 2.05) is 25.9 Å². The molecule has 4 nitrogen and oxygen atoms in total. The molecule has 0 aromatic heterocycles. The molecule has 0 fully saturated rings. The molecule has 1 N–H and O–H groups in total. The highest BCUT2D eigenvalue weighted by Crippen LogP contribution is 2.20. The van der Waals surface area contributed by atoms with E-state index < -0.39 is 0 Å². The Hall–Kier alpha value is -1.39. The number of hydrogen-bond donors (Lipinski definition) is 1. The van der Waals surface area contributed by atoms with Crippen molar-refractivity contribution in [2.75, 3.05) is 33.7 Å². The third kappa shape index (κ3) is 3.38. The van der Waals surface area contributed by atoms with Crippen LogP contribution in [0.25, 0.3) is 0 Å². The highest BCUT2D eigenvalue weighted by atomic mass is 16.2. The lowest BCUT2D eigenvalue weighted by Gasteiger charge is -2.34. The van der Waals surface area contributed by atoms with Gasteiger partial charge in [0, 0.05) is 33.2 Å². The zero-order valence-electron chi connectivity index (χ0n) is 12.7. The Kier molecular flexibility index (Phi) is 5.15. The van der Waals surface area contributed by atoms with Crippen LogP contribution in [0.4, 0.5) is 0 Å². The fourth-order valence-electron chi connectivity index (χ4n) is 2.71. The van der Waals surface area contributed by atoms with Crippen molar-refractivity contribution in [2.45, 2.75) is 25.9 Å². The largest absolute Gasteiger partial charge is 0.343 e. The maximum atomic E-state index is 12.4. The first kappa shape index (κ1) is 15.0. The summed E-state index contributed by atoms with van der Waals surface area (Å²) < 4.78 is 0. The Morgan fingerprint density at radius 2 is 2.10 bits per heavy atom. The van der Waals surface area contributed by atoms with E-state index in [2.05, 4.69) is 34.5 Å². The van der Waals surface area contributed by atoms with Crippen LogP contribution in [0.1, 0.15) is 18.1 Å². The maximum absolute atomic E-state index is 12.4. The van der Waals surface area contributed by atoms with Crippen molar-refractivity contribution in [1.82, 2.24) is 15.1 Å². The topological polar surface area (TPSA) is 35.6 Å². The van der Waals surface area contributed by atoms with E-state index in [1.165, 1.54) is 11.1 Å². The summed E-state index contributed by atoms with van der Waals surface area (Å²) >= 11 is 0. The summed E-state index contributed by atoms with van der Waals surface area (Å²) in [7, 11) is 3.79. The van der Waals surface area contributed by atoms with Crippen LogP contribution in [0, 0.1) is 0 Å². The minimum absolute atomic E-state index is 0.0507. The van der Waals surface area contributed by atoms with Crippen molar-refractivity contribution in [2.24, 2.45) is 0 Å². The van der Waals surface area contributed by atoms with Crippen molar-refractivity contribution in [3.8, 4) is 0 Å². The van der Waals surface area contributed by atoms with Crippen LogP contribution in [0.3, 0.4) is 0 Å². The number of benzene rings is 1. The minimum atomic E-state index is -0.0507. The first-order valence-corrected chi connectivity index (χ1v) is 7.34. The Labute approximate surface area is 121 Å². The van der Waals surface area contributed by atoms with Crippen LogP contribution >= 0.6 is 0 Å². The number of likely N-dealkylation sites (N-methyl/N-ethyl adjacent to an activating group) is 2. The second-order valence-corrected chi connectivity index (χ2v) is 5.53. The van der Waals surface area contributed by atoms with Crippen LogP contribution in [-0.2, 0) is 17.8 Å². The average molecular weight is 275 g/mol. The molecule has 1 amide bonds. The quantitative estimate of drug-likeness (QED) is 0.874. The van der Waals surface area contributed by atoms with Crippen molar-refractivity contribution in [1.29, 1.82) is 0 Å². The Morgan fingerprint density at radius 1 is 1.40 bits per heavy atom. The average Bonchev–Trinajstić information content (AvgIpc) is 2.50. The molecule has 1 unspecified atom stereocenters. The van der Waals surface area contributed by atoms with Gasteiger partial charge in [-0.3, -0.25) is 9.69 Å². The van der Waals surface area contributed by atoms with Gasteiger partial charge in [0.25, 0.3) is 0 Å². The molecule has 1 aliphatic heterocycles. The number of carbonyl (C=O) groups excluding carboxylic acids is 1. The molecule has 1 aromatic rings. The van der Waals surface area contributed by atoms with E-state index >= 15 is 0 Å². The zero-order chi connectivity index (χ0) is 14.5. The van der Waals surface area contributed by atoms with Gasteiger partial charge in [0.1, 0.15) is 0 Å².